The third kappa shape index (κ3) is 2.10. The summed E-state index contributed by atoms with van der Waals surface area (Å²) in [4.78, 5) is 23.4. The number of amides is 1. The number of nitrogens with one attached hydrogen (secondary N) is 1. The number of rotatable bonds is 1. The number of anilines is 1. The maximum atomic E-state index is 12.5. The minimum absolute atomic E-state index is 0.0284. The van der Waals surface area contributed by atoms with Crippen molar-refractivity contribution in [3.8, 4) is 0 Å². The summed E-state index contributed by atoms with van der Waals surface area (Å²) in [6, 6.07) is 2.00. The Morgan fingerprint density at radius 1 is 1.43 bits per heavy atom. The van der Waals surface area contributed by atoms with Gasteiger partial charge in [0.15, 0.2) is 0 Å². The number of hydrogen-bond acceptors (Lipinski definition) is 5. The smallest absolute Gasteiger partial charge is 0.230 e. The Bertz CT molecular complexity index is 758. The van der Waals surface area contributed by atoms with Gasteiger partial charge in [-0.1, -0.05) is 0 Å². The van der Waals surface area contributed by atoms with E-state index < -0.39 is 11.5 Å². The molecule has 7 nitrogen and oxygen atoms in total. The van der Waals surface area contributed by atoms with Gasteiger partial charge in [0, 0.05) is 32.9 Å². The zero-order valence-corrected chi connectivity index (χ0v) is 13.2. The van der Waals surface area contributed by atoms with Crippen molar-refractivity contribution in [1.29, 1.82) is 0 Å². The molecule has 2 N–H and O–H groups in total. The number of aryl methyl sites for hydroxylation is 1. The third-order valence-electron chi connectivity index (χ3n) is 5.26. The van der Waals surface area contributed by atoms with Crippen LogP contribution in [0.15, 0.2) is 18.6 Å². The van der Waals surface area contributed by atoms with E-state index in [0.29, 0.717) is 26.1 Å². The van der Waals surface area contributed by atoms with E-state index in [1.165, 1.54) is 0 Å². The monoisotopic (exact) mass is 315 g/mol. The quantitative estimate of drug-likeness (QED) is 0.798. The molecule has 1 amide bonds. The van der Waals surface area contributed by atoms with Gasteiger partial charge in [-0.2, -0.15) is 0 Å². The van der Waals surface area contributed by atoms with E-state index in [1.807, 2.05) is 23.9 Å². The molecule has 0 aromatic carbocycles. The van der Waals surface area contributed by atoms with Gasteiger partial charge >= 0.3 is 0 Å². The highest BCUT2D eigenvalue weighted by Crippen LogP contribution is 2.39. The zero-order valence-electron chi connectivity index (χ0n) is 13.2. The van der Waals surface area contributed by atoms with Gasteiger partial charge in [0.05, 0.1) is 16.9 Å². The fraction of sp³-hybridized carbons (Fsp3) is 0.562. The molecule has 2 atom stereocenters. The van der Waals surface area contributed by atoms with Gasteiger partial charge in [0.2, 0.25) is 5.91 Å². The van der Waals surface area contributed by atoms with Crippen LogP contribution in [-0.2, 0) is 11.8 Å². The van der Waals surface area contributed by atoms with Crippen LogP contribution in [0.3, 0.4) is 0 Å². The second-order valence-corrected chi connectivity index (χ2v) is 6.60. The number of aromatic nitrogens is 3. The molecule has 2 saturated heterocycles. The zero-order chi connectivity index (χ0) is 16.0. The Morgan fingerprint density at radius 3 is 3.13 bits per heavy atom. The van der Waals surface area contributed by atoms with Gasteiger partial charge in [0.25, 0.3) is 0 Å². The Morgan fingerprint density at radius 2 is 2.30 bits per heavy atom. The van der Waals surface area contributed by atoms with Gasteiger partial charge < -0.3 is 19.9 Å². The predicted molar refractivity (Wildman–Crippen MR) is 86.0 cm³/mol. The van der Waals surface area contributed by atoms with Crippen LogP contribution in [0.25, 0.3) is 11.0 Å². The summed E-state index contributed by atoms with van der Waals surface area (Å²) in [5, 5.41) is 14.4. The van der Waals surface area contributed by atoms with Crippen LogP contribution in [0.1, 0.15) is 19.3 Å². The number of hydrogen-bond donors (Lipinski definition) is 2. The summed E-state index contributed by atoms with van der Waals surface area (Å²) in [5.41, 5.74) is 0.158. The molecule has 122 valence electrons. The molecule has 4 rings (SSSR count). The van der Waals surface area contributed by atoms with E-state index in [4.69, 9.17) is 0 Å². The van der Waals surface area contributed by atoms with Gasteiger partial charge in [-0.05, 0) is 25.3 Å². The maximum Gasteiger partial charge on any atom is 0.230 e. The van der Waals surface area contributed by atoms with E-state index in [0.717, 1.165) is 29.7 Å². The number of fused-ring (bicyclic) bond motifs is 1. The van der Waals surface area contributed by atoms with Crippen molar-refractivity contribution >= 4 is 22.8 Å². The Hall–Kier alpha value is -2.15. The average Bonchev–Trinajstić information content (AvgIpc) is 2.94. The van der Waals surface area contributed by atoms with Crippen molar-refractivity contribution in [2.24, 2.45) is 12.5 Å². The van der Waals surface area contributed by atoms with Crippen molar-refractivity contribution in [2.75, 3.05) is 24.5 Å². The van der Waals surface area contributed by atoms with Gasteiger partial charge in [0.1, 0.15) is 17.8 Å². The van der Waals surface area contributed by atoms with Crippen molar-refractivity contribution < 1.29 is 9.90 Å². The summed E-state index contributed by atoms with van der Waals surface area (Å²) in [6.07, 6.45) is 5.14. The lowest BCUT2D eigenvalue weighted by molar-refractivity contribution is -0.142. The minimum atomic E-state index is -0.720. The molecule has 23 heavy (non-hydrogen) atoms. The molecule has 1 spiro atoms. The Balaban J connectivity index is 1.73. The molecule has 2 aromatic rings. The molecule has 0 bridgehead atoms. The van der Waals surface area contributed by atoms with Gasteiger partial charge in [-0.15, -0.1) is 0 Å². The molecular formula is C16H21N5O2. The SMILES string of the molecule is Cn1ccc2c(N3CC[C@H](O)[C@@]4(CCCNC4=O)C3)ncnc21. The second-order valence-electron chi connectivity index (χ2n) is 6.60. The highest BCUT2D eigenvalue weighted by molar-refractivity contribution is 5.89. The molecule has 2 aliphatic rings. The highest BCUT2D eigenvalue weighted by atomic mass is 16.3. The van der Waals surface area contributed by atoms with Crippen LogP contribution in [0.2, 0.25) is 0 Å². The molecule has 0 radical (unpaired) electrons. The van der Waals surface area contributed by atoms with Gasteiger partial charge in [-0.25, -0.2) is 9.97 Å². The Labute approximate surface area is 134 Å². The van der Waals surface area contributed by atoms with Crippen LogP contribution < -0.4 is 10.2 Å². The first-order chi connectivity index (χ1) is 11.1. The molecular weight excluding hydrogens is 294 g/mol. The Kier molecular flexibility index (Phi) is 3.26. The molecule has 0 unspecified atom stereocenters. The molecule has 0 saturated carbocycles. The van der Waals surface area contributed by atoms with Crippen LogP contribution >= 0.6 is 0 Å². The van der Waals surface area contributed by atoms with Gasteiger partial charge in [-0.3, -0.25) is 4.79 Å². The minimum Gasteiger partial charge on any atom is -0.392 e. The molecule has 2 fully saturated rings. The number of aliphatic hydroxyl groups is 1. The standard InChI is InChI=1S/C16H21N5O2/c1-20-7-3-11-13(20)18-10-19-14(11)21-8-4-12(22)16(9-21)5-2-6-17-15(16)23/h3,7,10,12,22H,2,4-6,8-9H2,1H3,(H,17,23)/t12-,16+/m0/s1. The first kappa shape index (κ1) is 14.4. The van der Waals surface area contributed by atoms with E-state index >= 15 is 0 Å². The molecule has 7 heteroatoms. The fourth-order valence-electron chi connectivity index (χ4n) is 3.94. The number of carbonyl (C=O) groups excluding carboxylic acids is 1. The summed E-state index contributed by atoms with van der Waals surface area (Å²) in [5.74, 6) is 0.819. The summed E-state index contributed by atoms with van der Waals surface area (Å²) in [6.45, 7) is 1.89. The molecule has 0 aliphatic carbocycles. The number of nitrogens with zero attached hydrogens (tertiary/aromatic N) is 4. The third-order valence-corrected chi connectivity index (χ3v) is 5.26. The number of carbonyl (C=O) groups is 1. The lowest BCUT2D eigenvalue weighted by Gasteiger charge is -2.47. The normalized spacial score (nSPS) is 28.3. The first-order valence-electron chi connectivity index (χ1n) is 8.09. The van der Waals surface area contributed by atoms with E-state index in [9.17, 15) is 9.90 Å². The first-order valence-corrected chi connectivity index (χ1v) is 8.09. The van der Waals surface area contributed by atoms with Crippen molar-refractivity contribution in [3.63, 3.8) is 0 Å². The van der Waals surface area contributed by atoms with E-state index in [-0.39, 0.29) is 5.91 Å². The van der Waals surface area contributed by atoms with Crippen molar-refractivity contribution in [1.82, 2.24) is 19.9 Å². The predicted octanol–water partition coefficient (Wildman–Crippen LogP) is 0.436. The van der Waals surface area contributed by atoms with E-state index in [1.54, 1.807) is 6.33 Å². The molecule has 2 aromatic heterocycles. The largest absolute Gasteiger partial charge is 0.392 e. The lowest BCUT2D eigenvalue weighted by atomic mass is 9.71. The van der Waals surface area contributed by atoms with Crippen molar-refractivity contribution in [3.05, 3.63) is 18.6 Å². The maximum absolute atomic E-state index is 12.5. The topological polar surface area (TPSA) is 83.3 Å². The second kappa shape index (κ2) is 5.19. The fourth-order valence-corrected chi connectivity index (χ4v) is 3.94. The van der Waals surface area contributed by atoms with Crippen LogP contribution in [0.5, 0.6) is 0 Å². The van der Waals surface area contributed by atoms with E-state index in [2.05, 4.69) is 20.2 Å². The van der Waals surface area contributed by atoms with Crippen LogP contribution in [-0.4, -0.2) is 51.3 Å². The summed E-state index contributed by atoms with van der Waals surface area (Å²) < 4.78 is 1.96. The highest BCUT2D eigenvalue weighted by Gasteiger charge is 2.50. The summed E-state index contributed by atoms with van der Waals surface area (Å²) in [7, 11) is 1.95. The molecule has 2 aliphatic heterocycles. The number of aliphatic hydroxyl groups excluding tert-OH is 1. The lowest BCUT2D eigenvalue weighted by Crippen LogP contribution is -2.61. The molecule has 4 heterocycles. The van der Waals surface area contributed by atoms with Crippen molar-refractivity contribution in [2.45, 2.75) is 25.4 Å². The van der Waals surface area contributed by atoms with Crippen LogP contribution in [0.4, 0.5) is 5.82 Å². The number of piperidine rings is 2. The summed E-state index contributed by atoms with van der Waals surface area (Å²) >= 11 is 0. The van der Waals surface area contributed by atoms with Crippen LogP contribution in [0, 0.1) is 5.41 Å². The average molecular weight is 315 g/mol.